The fraction of sp³-hybridized carbons (Fsp3) is 0.353. The fourth-order valence-corrected chi connectivity index (χ4v) is 3.76. The zero-order valence-electron chi connectivity index (χ0n) is 13.9. The van der Waals surface area contributed by atoms with Crippen molar-refractivity contribution < 1.29 is 9.90 Å². The lowest BCUT2D eigenvalue weighted by molar-refractivity contribution is -0.138. The molecule has 0 aliphatic heterocycles. The van der Waals surface area contributed by atoms with E-state index in [2.05, 4.69) is 20.2 Å². The van der Waals surface area contributed by atoms with E-state index >= 15 is 0 Å². The third kappa shape index (κ3) is 3.72. The Bertz CT molecular complexity index is 915. The highest BCUT2D eigenvalue weighted by molar-refractivity contribution is 7.11. The summed E-state index contributed by atoms with van der Waals surface area (Å²) in [6.07, 6.45) is 7.72. The van der Waals surface area contributed by atoms with Gasteiger partial charge in [0, 0.05) is 18.3 Å². The summed E-state index contributed by atoms with van der Waals surface area (Å²) < 4.78 is 1.85. The molecular formula is C17H18N6O2S. The number of hydrogen-bond donors (Lipinski definition) is 2. The number of anilines is 1. The first-order chi connectivity index (χ1) is 12.6. The Balaban J connectivity index is 1.48. The number of aliphatic carboxylic acids is 1. The van der Waals surface area contributed by atoms with Crippen molar-refractivity contribution in [2.45, 2.75) is 37.6 Å². The van der Waals surface area contributed by atoms with Gasteiger partial charge in [0.1, 0.15) is 21.8 Å². The van der Waals surface area contributed by atoms with E-state index in [4.69, 9.17) is 5.73 Å². The minimum Gasteiger partial charge on any atom is -0.481 e. The van der Waals surface area contributed by atoms with Gasteiger partial charge < -0.3 is 15.4 Å². The number of carboxylic acids is 1. The molecule has 1 aliphatic rings. The van der Waals surface area contributed by atoms with Crippen LogP contribution < -0.4 is 5.73 Å². The molecule has 1 saturated carbocycles. The Morgan fingerprint density at radius 3 is 2.88 bits per heavy atom. The molecule has 1 fully saturated rings. The molecule has 134 valence electrons. The first-order valence-corrected chi connectivity index (χ1v) is 9.17. The summed E-state index contributed by atoms with van der Waals surface area (Å²) in [7, 11) is 0. The van der Waals surface area contributed by atoms with E-state index in [9.17, 15) is 9.90 Å². The van der Waals surface area contributed by atoms with Gasteiger partial charge in [-0.2, -0.15) is 0 Å². The number of carbonyl (C=O) groups is 1. The van der Waals surface area contributed by atoms with Gasteiger partial charge in [-0.3, -0.25) is 4.79 Å². The number of pyridine rings is 1. The van der Waals surface area contributed by atoms with Crippen LogP contribution in [0.4, 0.5) is 5.82 Å². The van der Waals surface area contributed by atoms with Crippen molar-refractivity contribution in [1.29, 1.82) is 0 Å². The summed E-state index contributed by atoms with van der Waals surface area (Å²) in [4.78, 5) is 20.0. The van der Waals surface area contributed by atoms with E-state index in [0.717, 1.165) is 15.6 Å². The third-order valence-electron chi connectivity index (χ3n) is 4.32. The number of imidazole rings is 1. The molecule has 1 aliphatic carbocycles. The molecule has 8 nitrogen and oxygen atoms in total. The van der Waals surface area contributed by atoms with E-state index in [0.29, 0.717) is 30.4 Å². The highest BCUT2D eigenvalue weighted by atomic mass is 32.1. The van der Waals surface area contributed by atoms with Gasteiger partial charge in [0.2, 0.25) is 0 Å². The molecule has 0 radical (unpaired) electrons. The predicted molar refractivity (Wildman–Crippen MR) is 95.9 cm³/mol. The molecule has 26 heavy (non-hydrogen) atoms. The minimum atomic E-state index is -0.918. The number of aromatic nitrogens is 5. The monoisotopic (exact) mass is 370 g/mol. The lowest BCUT2D eigenvalue weighted by Crippen LogP contribution is -2.15. The average molecular weight is 370 g/mol. The average Bonchev–Trinajstić information content (AvgIpc) is 3.20. The van der Waals surface area contributed by atoms with Gasteiger partial charge >= 0.3 is 5.97 Å². The molecule has 3 aromatic rings. The second-order valence-corrected chi connectivity index (χ2v) is 7.56. The van der Waals surface area contributed by atoms with Crippen LogP contribution in [-0.4, -0.2) is 35.8 Å². The zero-order valence-corrected chi connectivity index (χ0v) is 14.8. The topological polar surface area (TPSA) is 120 Å². The van der Waals surface area contributed by atoms with E-state index in [1.165, 1.54) is 12.8 Å². The number of hydrogen-bond acceptors (Lipinski definition) is 7. The SMILES string of the molecule is Nc1ccc(CC(C(=O)O)c2cn(Cc3nnc(C4CC4)s3)cn2)cn1. The van der Waals surface area contributed by atoms with Gasteiger partial charge in [0.25, 0.3) is 0 Å². The lowest BCUT2D eigenvalue weighted by atomic mass is 9.98. The van der Waals surface area contributed by atoms with Crippen LogP contribution in [0.1, 0.15) is 46.0 Å². The molecule has 4 rings (SSSR count). The standard InChI is InChI=1S/C17H18N6O2S/c18-14-4-1-10(6-19-14)5-12(17(24)25)13-7-23(9-20-13)8-15-21-22-16(26-15)11-2-3-11/h1,4,6-7,9,11-12H,2-3,5,8H2,(H2,18,19)(H,24,25). The van der Waals surface area contributed by atoms with Gasteiger partial charge in [0.15, 0.2) is 0 Å². The van der Waals surface area contributed by atoms with Crippen LogP contribution in [0.15, 0.2) is 30.9 Å². The number of carboxylic acid groups (broad SMARTS) is 1. The molecular weight excluding hydrogens is 352 g/mol. The summed E-state index contributed by atoms with van der Waals surface area (Å²) in [5, 5.41) is 20.1. The van der Waals surface area contributed by atoms with E-state index in [1.54, 1.807) is 42.2 Å². The molecule has 3 N–H and O–H groups in total. The number of nitrogen functional groups attached to an aromatic ring is 1. The van der Waals surface area contributed by atoms with E-state index in [1.807, 2.05) is 4.57 Å². The highest BCUT2D eigenvalue weighted by Gasteiger charge is 2.27. The van der Waals surface area contributed by atoms with Gasteiger partial charge in [-0.1, -0.05) is 17.4 Å². The maximum atomic E-state index is 11.7. The molecule has 0 aromatic carbocycles. The number of rotatable bonds is 7. The molecule has 0 bridgehead atoms. The van der Waals surface area contributed by atoms with E-state index < -0.39 is 11.9 Å². The summed E-state index contributed by atoms with van der Waals surface area (Å²) in [5.41, 5.74) is 6.90. The smallest absolute Gasteiger partial charge is 0.312 e. The summed E-state index contributed by atoms with van der Waals surface area (Å²) >= 11 is 1.62. The van der Waals surface area contributed by atoms with Gasteiger partial charge in [-0.25, -0.2) is 9.97 Å². The Labute approximate surface area is 153 Å². The fourth-order valence-electron chi connectivity index (χ4n) is 2.74. The Kier molecular flexibility index (Phi) is 4.37. The zero-order chi connectivity index (χ0) is 18.1. The van der Waals surface area contributed by atoms with Crippen LogP contribution in [-0.2, 0) is 17.8 Å². The summed E-state index contributed by atoms with van der Waals surface area (Å²) in [6.45, 7) is 0.549. The largest absolute Gasteiger partial charge is 0.481 e. The molecule has 1 unspecified atom stereocenters. The summed E-state index contributed by atoms with van der Waals surface area (Å²) in [6, 6.07) is 3.45. The first kappa shape index (κ1) is 16.6. The quantitative estimate of drug-likeness (QED) is 0.653. The van der Waals surface area contributed by atoms with Crippen molar-refractivity contribution in [2.24, 2.45) is 0 Å². The molecule has 0 spiro atoms. The second-order valence-electron chi connectivity index (χ2n) is 6.47. The molecule has 0 amide bonds. The second kappa shape index (κ2) is 6.83. The minimum absolute atomic E-state index is 0.310. The third-order valence-corrected chi connectivity index (χ3v) is 5.39. The van der Waals surface area contributed by atoms with Crippen molar-refractivity contribution in [3.05, 3.63) is 52.1 Å². The van der Waals surface area contributed by atoms with Crippen molar-refractivity contribution in [2.75, 3.05) is 5.73 Å². The maximum absolute atomic E-state index is 11.7. The van der Waals surface area contributed by atoms with E-state index in [-0.39, 0.29) is 0 Å². The normalized spacial score (nSPS) is 15.1. The molecule has 1 atom stereocenters. The van der Waals surface area contributed by atoms with Crippen LogP contribution in [0.2, 0.25) is 0 Å². The van der Waals surface area contributed by atoms with Gasteiger partial charge in [0.05, 0.1) is 18.6 Å². The van der Waals surface area contributed by atoms with Gasteiger partial charge in [-0.15, -0.1) is 10.2 Å². The Morgan fingerprint density at radius 2 is 2.19 bits per heavy atom. The van der Waals surface area contributed by atoms with Crippen LogP contribution in [0.3, 0.4) is 0 Å². The van der Waals surface area contributed by atoms with Crippen molar-refractivity contribution >= 4 is 23.1 Å². The lowest BCUT2D eigenvalue weighted by Gasteiger charge is -2.09. The Hall–Kier alpha value is -2.81. The first-order valence-electron chi connectivity index (χ1n) is 8.35. The van der Waals surface area contributed by atoms with Crippen LogP contribution in [0.25, 0.3) is 0 Å². The van der Waals surface area contributed by atoms with Crippen LogP contribution in [0, 0.1) is 0 Å². The van der Waals surface area contributed by atoms with Crippen molar-refractivity contribution in [3.8, 4) is 0 Å². The number of nitrogens with zero attached hydrogens (tertiary/aromatic N) is 5. The van der Waals surface area contributed by atoms with Crippen molar-refractivity contribution in [3.63, 3.8) is 0 Å². The molecule has 3 heterocycles. The van der Waals surface area contributed by atoms with Crippen LogP contribution in [0.5, 0.6) is 0 Å². The predicted octanol–water partition coefficient (Wildman–Crippen LogP) is 2.05. The van der Waals surface area contributed by atoms with Crippen molar-refractivity contribution in [1.82, 2.24) is 24.7 Å². The number of nitrogens with two attached hydrogens (primary N) is 1. The maximum Gasteiger partial charge on any atom is 0.312 e. The summed E-state index contributed by atoms with van der Waals surface area (Å²) in [5.74, 6) is -0.658. The highest BCUT2D eigenvalue weighted by Crippen LogP contribution is 2.41. The molecule has 9 heteroatoms. The molecule has 0 saturated heterocycles. The van der Waals surface area contributed by atoms with Crippen LogP contribution >= 0.6 is 11.3 Å². The molecule has 3 aromatic heterocycles. The van der Waals surface area contributed by atoms with Gasteiger partial charge in [-0.05, 0) is 30.9 Å². The Morgan fingerprint density at radius 1 is 1.35 bits per heavy atom.